The molecule has 3 rings (SSSR count). The Morgan fingerprint density at radius 1 is 1.26 bits per heavy atom. The number of rotatable bonds is 2. The van der Waals surface area contributed by atoms with Gasteiger partial charge in [0.25, 0.3) is 5.91 Å². The van der Waals surface area contributed by atoms with Gasteiger partial charge in [-0.2, -0.15) is 13.5 Å². The van der Waals surface area contributed by atoms with Gasteiger partial charge in [-0.15, -0.1) is 0 Å². The summed E-state index contributed by atoms with van der Waals surface area (Å²) in [5, 5.41) is 8.73. The lowest BCUT2D eigenvalue weighted by molar-refractivity contribution is 0.0706. The third-order valence-corrected chi connectivity index (χ3v) is 3.87. The van der Waals surface area contributed by atoms with Crippen molar-refractivity contribution in [1.82, 2.24) is 5.48 Å². The van der Waals surface area contributed by atoms with Crippen molar-refractivity contribution >= 4 is 25.1 Å². The highest BCUT2D eigenvalue weighted by molar-refractivity contribution is 7.59. The number of para-hydroxylation sites is 1. The Balaban J connectivity index is 0.00000192. The van der Waals surface area contributed by atoms with E-state index in [4.69, 9.17) is 9.94 Å². The van der Waals surface area contributed by atoms with Crippen LogP contribution >= 0.6 is 13.5 Å². The Hall–Kier alpha value is -2.18. The molecular formula is C17H20N2O3S. The monoisotopic (exact) mass is 332 g/mol. The van der Waals surface area contributed by atoms with Crippen LogP contribution in [-0.2, 0) is 6.54 Å². The number of fused-ring (bicyclic) bond motifs is 1. The van der Waals surface area contributed by atoms with Gasteiger partial charge in [-0.05, 0) is 31.2 Å². The number of ether oxygens (including phenoxy) is 1. The van der Waals surface area contributed by atoms with E-state index in [1.807, 2.05) is 24.3 Å². The molecular weight excluding hydrogens is 312 g/mol. The van der Waals surface area contributed by atoms with Crippen molar-refractivity contribution in [2.45, 2.75) is 19.5 Å². The molecule has 0 saturated carbocycles. The van der Waals surface area contributed by atoms with Crippen LogP contribution in [0.2, 0.25) is 0 Å². The summed E-state index contributed by atoms with van der Waals surface area (Å²) in [6, 6.07) is 15.6. The van der Waals surface area contributed by atoms with Crippen molar-refractivity contribution < 1.29 is 14.7 Å². The van der Waals surface area contributed by atoms with Gasteiger partial charge in [0.05, 0.1) is 6.04 Å². The molecule has 2 aromatic rings. The maximum Gasteiger partial charge on any atom is 0.274 e. The number of carbonyl (C=O) groups excluding carboxylic acids is 1. The van der Waals surface area contributed by atoms with E-state index < -0.39 is 5.91 Å². The number of benzene rings is 2. The zero-order chi connectivity index (χ0) is 15.5. The van der Waals surface area contributed by atoms with Gasteiger partial charge in [-0.1, -0.05) is 24.3 Å². The second kappa shape index (κ2) is 7.39. The lowest BCUT2D eigenvalue weighted by atomic mass is 10.1. The molecule has 0 spiro atoms. The molecule has 0 bridgehead atoms. The molecule has 5 nitrogen and oxygen atoms in total. The number of hydrogen-bond acceptors (Lipinski definition) is 4. The van der Waals surface area contributed by atoms with Crippen molar-refractivity contribution in [2.75, 3.05) is 11.5 Å². The fourth-order valence-corrected chi connectivity index (χ4v) is 2.63. The minimum Gasteiger partial charge on any atom is -0.491 e. The first-order valence-corrected chi connectivity index (χ1v) is 7.21. The molecule has 0 fully saturated rings. The first-order valence-electron chi connectivity index (χ1n) is 7.21. The molecule has 122 valence electrons. The highest BCUT2D eigenvalue weighted by atomic mass is 32.1. The lowest BCUT2D eigenvalue weighted by Gasteiger charge is -2.28. The maximum atomic E-state index is 11.5. The van der Waals surface area contributed by atoms with Gasteiger partial charge < -0.3 is 9.64 Å². The Bertz CT molecular complexity index is 679. The number of amides is 1. The standard InChI is InChI=1S/C17H18N2O3.H2S/c1-12-11-22-16-9-13(17(20)18-21)7-8-14(16)10-19(12)15-5-3-2-4-6-15;/h2-9,12,21H,10-11H2,1H3,(H,18,20);1H2/t12-;/m0./s1. The summed E-state index contributed by atoms with van der Waals surface area (Å²) in [7, 11) is 0. The van der Waals surface area contributed by atoms with E-state index in [1.165, 1.54) is 0 Å². The summed E-state index contributed by atoms with van der Waals surface area (Å²) in [6.07, 6.45) is 0. The van der Waals surface area contributed by atoms with Crippen molar-refractivity contribution in [3.05, 3.63) is 59.7 Å². The van der Waals surface area contributed by atoms with Crippen LogP contribution in [0.4, 0.5) is 5.69 Å². The maximum absolute atomic E-state index is 11.5. The second-order valence-electron chi connectivity index (χ2n) is 5.39. The Morgan fingerprint density at radius 3 is 2.70 bits per heavy atom. The largest absolute Gasteiger partial charge is 0.491 e. The Labute approximate surface area is 142 Å². The summed E-state index contributed by atoms with van der Waals surface area (Å²) < 4.78 is 5.84. The molecule has 0 aliphatic carbocycles. The molecule has 6 heteroatoms. The van der Waals surface area contributed by atoms with Crippen molar-refractivity contribution in [2.24, 2.45) is 0 Å². The van der Waals surface area contributed by atoms with Crippen molar-refractivity contribution in [1.29, 1.82) is 0 Å². The van der Waals surface area contributed by atoms with Crippen LogP contribution in [0.5, 0.6) is 5.75 Å². The summed E-state index contributed by atoms with van der Waals surface area (Å²) >= 11 is 0. The van der Waals surface area contributed by atoms with E-state index in [2.05, 4.69) is 24.0 Å². The fourth-order valence-electron chi connectivity index (χ4n) is 2.63. The molecule has 0 radical (unpaired) electrons. The third-order valence-electron chi connectivity index (χ3n) is 3.87. The fraction of sp³-hybridized carbons (Fsp3) is 0.235. The third kappa shape index (κ3) is 3.60. The Kier molecular flexibility index (Phi) is 5.52. The number of carbonyl (C=O) groups is 1. The van der Waals surface area contributed by atoms with Crippen LogP contribution in [0.1, 0.15) is 22.8 Å². The van der Waals surface area contributed by atoms with Gasteiger partial charge in [-0.3, -0.25) is 10.0 Å². The van der Waals surface area contributed by atoms with Crippen molar-refractivity contribution in [3.63, 3.8) is 0 Å². The SMILES string of the molecule is C[C@H]1COc2cc(C(=O)NO)ccc2CN1c1ccccc1.S. The quantitative estimate of drug-likeness (QED) is 0.656. The minimum absolute atomic E-state index is 0. The zero-order valence-electron chi connectivity index (χ0n) is 12.8. The molecule has 2 aromatic carbocycles. The normalized spacial score (nSPS) is 16.4. The van der Waals surface area contributed by atoms with Crippen LogP contribution in [-0.4, -0.2) is 23.8 Å². The van der Waals surface area contributed by atoms with Crippen molar-refractivity contribution in [3.8, 4) is 5.75 Å². The molecule has 0 unspecified atom stereocenters. The lowest BCUT2D eigenvalue weighted by Crippen LogP contribution is -2.34. The molecule has 2 N–H and O–H groups in total. The number of nitrogens with one attached hydrogen (secondary N) is 1. The van der Waals surface area contributed by atoms with Gasteiger partial charge in [0.2, 0.25) is 0 Å². The highest BCUT2D eigenvalue weighted by Gasteiger charge is 2.22. The summed E-state index contributed by atoms with van der Waals surface area (Å²) in [6.45, 7) is 3.36. The van der Waals surface area contributed by atoms with Gasteiger partial charge >= 0.3 is 0 Å². The number of nitrogens with zero attached hydrogens (tertiary/aromatic N) is 1. The molecule has 1 heterocycles. The van der Waals surface area contributed by atoms with E-state index >= 15 is 0 Å². The number of hydrogen-bond donors (Lipinski definition) is 2. The number of anilines is 1. The molecule has 0 saturated heterocycles. The predicted octanol–water partition coefficient (Wildman–Crippen LogP) is 2.71. The van der Waals surface area contributed by atoms with Gasteiger partial charge in [0, 0.05) is 23.4 Å². The van der Waals surface area contributed by atoms with Gasteiger partial charge in [-0.25, -0.2) is 5.48 Å². The number of hydroxylamine groups is 1. The van der Waals surface area contributed by atoms with E-state index in [-0.39, 0.29) is 19.5 Å². The average Bonchev–Trinajstić information content (AvgIpc) is 2.74. The second-order valence-corrected chi connectivity index (χ2v) is 5.39. The van der Waals surface area contributed by atoms with Crippen LogP contribution in [0, 0.1) is 0 Å². The zero-order valence-corrected chi connectivity index (χ0v) is 13.8. The summed E-state index contributed by atoms with van der Waals surface area (Å²) in [5.74, 6) is 0.148. The van der Waals surface area contributed by atoms with E-state index in [0.29, 0.717) is 24.5 Å². The molecule has 1 aliphatic heterocycles. The van der Waals surface area contributed by atoms with E-state index in [0.717, 1.165) is 11.3 Å². The van der Waals surface area contributed by atoms with Gasteiger partial charge in [0.15, 0.2) is 0 Å². The molecule has 23 heavy (non-hydrogen) atoms. The van der Waals surface area contributed by atoms with Crippen LogP contribution in [0.25, 0.3) is 0 Å². The molecule has 0 aromatic heterocycles. The highest BCUT2D eigenvalue weighted by Crippen LogP contribution is 2.29. The molecule has 1 amide bonds. The Morgan fingerprint density at radius 2 is 2.00 bits per heavy atom. The van der Waals surface area contributed by atoms with Crippen LogP contribution in [0.3, 0.4) is 0 Å². The van der Waals surface area contributed by atoms with Crippen LogP contribution in [0.15, 0.2) is 48.5 Å². The average molecular weight is 332 g/mol. The van der Waals surface area contributed by atoms with E-state index in [9.17, 15) is 4.79 Å². The summed E-state index contributed by atoms with van der Waals surface area (Å²) in [4.78, 5) is 13.8. The topological polar surface area (TPSA) is 61.8 Å². The van der Waals surface area contributed by atoms with Crippen LogP contribution < -0.4 is 15.1 Å². The first kappa shape index (κ1) is 17.2. The first-order chi connectivity index (χ1) is 10.7. The minimum atomic E-state index is -0.538. The van der Waals surface area contributed by atoms with E-state index in [1.54, 1.807) is 17.6 Å². The summed E-state index contributed by atoms with van der Waals surface area (Å²) in [5.41, 5.74) is 4.18. The predicted molar refractivity (Wildman–Crippen MR) is 93.7 cm³/mol. The van der Waals surface area contributed by atoms with Gasteiger partial charge in [0.1, 0.15) is 12.4 Å². The molecule has 1 aliphatic rings. The molecule has 1 atom stereocenters. The smallest absolute Gasteiger partial charge is 0.274 e.